The average Bonchev–Trinajstić information content (AvgIpc) is 3.35. The molecule has 7 heteroatoms. The van der Waals surface area contributed by atoms with E-state index in [1.54, 1.807) is 28.9 Å². The van der Waals surface area contributed by atoms with Crippen LogP contribution < -0.4 is 0 Å². The molecule has 4 rings (SSSR count). The van der Waals surface area contributed by atoms with E-state index in [0.717, 1.165) is 34.3 Å². The minimum Gasteiger partial charge on any atom is -0.328 e. The van der Waals surface area contributed by atoms with Crippen molar-refractivity contribution < 1.29 is 4.79 Å². The SMILES string of the molecule is O=C(c1csc(-c2cccs2)n1)N1CCCC1c1nccs1. The highest BCUT2D eigenvalue weighted by Crippen LogP contribution is 2.35. The standard InChI is InChI=1S/C15H13N3OS3/c19-15(10-9-22-14(17-10)12-4-2-7-20-12)18-6-1-3-11(18)13-16-5-8-21-13/h2,4-5,7-9,11H,1,3,6H2. The molecule has 22 heavy (non-hydrogen) atoms. The zero-order valence-corrected chi connectivity index (χ0v) is 14.1. The maximum Gasteiger partial charge on any atom is 0.273 e. The van der Waals surface area contributed by atoms with Crippen LogP contribution in [-0.4, -0.2) is 27.3 Å². The molecule has 1 amide bonds. The van der Waals surface area contributed by atoms with Crippen LogP contribution in [0.5, 0.6) is 0 Å². The van der Waals surface area contributed by atoms with Crippen LogP contribution in [0, 0.1) is 0 Å². The third-order valence-corrected chi connectivity index (χ3v) is 6.46. The summed E-state index contributed by atoms with van der Waals surface area (Å²) in [6, 6.07) is 4.15. The first kappa shape index (κ1) is 14.0. The maximum absolute atomic E-state index is 12.8. The monoisotopic (exact) mass is 347 g/mol. The number of amides is 1. The lowest BCUT2D eigenvalue weighted by Crippen LogP contribution is -2.30. The first-order chi connectivity index (χ1) is 10.8. The molecule has 4 heterocycles. The van der Waals surface area contributed by atoms with Gasteiger partial charge in [0, 0.05) is 23.5 Å². The third kappa shape index (κ3) is 2.49. The van der Waals surface area contributed by atoms with E-state index in [4.69, 9.17) is 0 Å². The van der Waals surface area contributed by atoms with E-state index in [0.29, 0.717) is 5.69 Å². The number of carbonyl (C=O) groups is 1. The van der Waals surface area contributed by atoms with Gasteiger partial charge in [-0.15, -0.1) is 34.0 Å². The number of aromatic nitrogens is 2. The molecule has 3 aromatic heterocycles. The summed E-state index contributed by atoms with van der Waals surface area (Å²) in [5.41, 5.74) is 0.553. The van der Waals surface area contributed by atoms with E-state index in [1.807, 2.05) is 33.2 Å². The molecule has 0 saturated carbocycles. The Balaban J connectivity index is 1.59. The van der Waals surface area contributed by atoms with Crippen molar-refractivity contribution in [1.29, 1.82) is 0 Å². The summed E-state index contributed by atoms with van der Waals surface area (Å²) >= 11 is 4.80. The largest absolute Gasteiger partial charge is 0.328 e. The molecule has 1 aliphatic heterocycles. The average molecular weight is 347 g/mol. The van der Waals surface area contributed by atoms with E-state index in [-0.39, 0.29) is 11.9 Å². The zero-order valence-electron chi connectivity index (χ0n) is 11.6. The minimum absolute atomic E-state index is 0.0248. The molecule has 0 aliphatic carbocycles. The summed E-state index contributed by atoms with van der Waals surface area (Å²) < 4.78 is 0. The summed E-state index contributed by atoms with van der Waals surface area (Å²) in [5.74, 6) is 0.0248. The first-order valence-corrected chi connectivity index (χ1v) is 9.66. The van der Waals surface area contributed by atoms with Gasteiger partial charge >= 0.3 is 0 Å². The Hall–Kier alpha value is -1.57. The Morgan fingerprint density at radius 1 is 1.27 bits per heavy atom. The van der Waals surface area contributed by atoms with E-state index < -0.39 is 0 Å². The van der Waals surface area contributed by atoms with Gasteiger partial charge in [-0.05, 0) is 24.3 Å². The predicted octanol–water partition coefficient (Wildman–Crippen LogP) is 4.31. The molecule has 1 fully saturated rings. The molecule has 0 aromatic carbocycles. The van der Waals surface area contributed by atoms with Crippen LogP contribution in [0.4, 0.5) is 0 Å². The van der Waals surface area contributed by atoms with E-state index >= 15 is 0 Å². The number of thiophene rings is 1. The van der Waals surface area contributed by atoms with Gasteiger partial charge in [-0.2, -0.15) is 0 Å². The van der Waals surface area contributed by atoms with E-state index in [1.165, 1.54) is 11.3 Å². The first-order valence-electron chi connectivity index (χ1n) is 7.02. The Labute approximate surface area is 140 Å². The van der Waals surface area contributed by atoms with Crippen molar-refractivity contribution in [2.45, 2.75) is 18.9 Å². The normalized spacial score (nSPS) is 18.0. The fraction of sp³-hybridized carbons (Fsp3) is 0.267. The van der Waals surface area contributed by atoms with Gasteiger partial charge < -0.3 is 4.90 Å². The molecule has 1 saturated heterocycles. The summed E-state index contributed by atoms with van der Waals surface area (Å²) in [5, 5.41) is 7.81. The molecular formula is C15H13N3OS3. The molecule has 0 N–H and O–H groups in total. The number of hydrogen-bond acceptors (Lipinski definition) is 6. The molecule has 0 radical (unpaired) electrons. The molecule has 0 spiro atoms. The van der Waals surface area contributed by atoms with Gasteiger partial charge in [0.15, 0.2) is 0 Å². The molecule has 4 nitrogen and oxygen atoms in total. The Morgan fingerprint density at radius 3 is 3.00 bits per heavy atom. The molecule has 1 aliphatic rings. The fourth-order valence-electron chi connectivity index (χ4n) is 2.70. The molecule has 1 unspecified atom stereocenters. The van der Waals surface area contributed by atoms with Crippen molar-refractivity contribution in [2.75, 3.05) is 6.54 Å². The van der Waals surface area contributed by atoms with Crippen molar-refractivity contribution in [3.63, 3.8) is 0 Å². The topological polar surface area (TPSA) is 46.1 Å². The van der Waals surface area contributed by atoms with Crippen LogP contribution in [0.2, 0.25) is 0 Å². The second kappa shape index (κ2) is 5.91. The molecule has 1 atom stereocenters. The number of thiazole rings is 2. The van der Waals surface area contributed by atoms with Gasteiger partial charge in [-0.25, -0.2) is 9.97 Å². The molecular weight excluding hydrogens is 334 g/mol. The van der Waals surface area contributed by atoms with Crippen molar-refractivity contribution in [3.8, 4) is 9.88 Å². The van der Waals surface area contributed by atoms with Gasteiger partial charge in [0.2, 0.25) is 0 Å². The number of hydrogen-bond donors (Lipinski definition) is 0. The van der Waals surface area contributed by atoms with Gasteiger partial charge in [0.25, 0.3) is 5.91 Å². The maximum atomic E-state index is 12.8. The lowest BCUT2D eigenvalue weighted by atomic mass is 10.2. The number of rotatable bonds is 3. The highest BCUT2D eigenvalue weighted by molar-refractivity contribution is 7.20. The molecule has 112 valence electrons. The van der Waals surface area contributed by atoms with Crippen LogP contribution in [0.15, 0.2) is 34.5 Å². The van der Waals surface area contributed by atoms with Crippen molar-refractivity contribution >= 4 is 39.9 Å². The predicted molar refractivity (Wildman–Crippen MR) is 90.6 cm³/mol. The summed E-state index contributed by atoms with van der Waals surface area (Å²) in [6.45, 7) is 0.787. The van der Waals surface area contributed by atoms with Crippen molar-refractivity contribution in [2.24, 2.45) is 0 Å². The van der Waals surface area contributed by atoms with Crippen molar-refractivity contribution in [3.05, 3.63) is 45.2 Å². The van der Waals surface area contributed by atoms with Gasteiger partial charge in [-0.3, -0.25) is 4.79 Å². The highest BCUT2D eigenvalue weighted by atomic mass is 32.1. The van der Waals surface area contributed by atoms with E-state index in [9.17, 15) is 4.79 Å². The Morgan fingerprint density at radius 2 is 2.23 bits per heavy atom. The van der Waals surface area contributed by atoms with Gasteiger partial charge in [-0.1, -0.05) is 6.07 Å². The smallest absolute Gasteiger partial charge is 0.273 e. The lowest BCUT2D eigenvalue weighted by Gasteiger charge is -2.22. The second-order valence-corrected chi connectivity index (χ2v) is 7.77. The van der Waals surface area contributed by atoms with Crippen molar-refractivity contribution in [1.82, 2.24) is 14.9 Å². The van der Waals surface area contributed by atoms with Gasteiger partial charge in [0.1, 0.15) is 15.7 Å². The zero-order chi connectivity index (χ0) is 14.9. The third-order valence-electron chi connectivity index (χ3n) is 3.71. The number of carbonyl (C=O) groups excluding carboxylic acids is 1. The summed E-state index contributed by atoms with van der Waals surface area (Å²) in [6.07, 6.45) is 3.82. The van der Waals surface area contributed by atoms with Crippen LogP contribution in [0.3, 0.4) is 0 Å². The number of likely N-dealkylation sites (tertiary alicyclic amines) is 1. The lowest BCUT2D eigenvalue weighted by molar-refractivity contribution is 0.0730. The Bertz CT molecular complexity index is 764. The second-order valence-electron chi connectivity index (χ2n) is 5.04. The fourth-order valence-corrected chi connectivity index (χ4v) is 5.09. The van der Waals surface area contributed by atoms with Crippen LogP contribution in [0.25, 0.3) is 9.88 Å². The van der Waals surface area contributed by atoms with Crippen LogP contribution in [-0.2, 0) is 0 Å². The number of nitrogens with zero attached hydrogens (tertiary/aromatic N) is 3. The summed E-state index contributed by atoms with van der Waals surface area (Å²) in [7, 11) is 0. The quantitative estimate of drug-likeness (QED) is 0.709. The highest BCUT2D eigenvalue weighted by Gasteiger charge is 2.33. The van der Waals surface area contributed by atoms with Gasteiger partial charge in [0.05, 0.1) is 10.9 Å². The molecule has 0 bridgehead atoms. The van der Waals surface area contributed by atoms with Crippen LogP contribution in [0.1, 0.15) is 34.4 Å². The van der Waals surface area contributed by atoms with Crippen LogP contribution >= 0.6 is 34.0 Å². The van der Waals surface area contributed by atoms with E-state index in [2.05, 4.69) is 9.97 Å². The summed E-state index contributed by atoms with van der Waals surface area (Å²) in [4.78, 5) is 24.7. The minimum atomic E-state index is 0.0248. The molecule has 3 aromatic rings. The Kier molecular flexibility index (Phi) is 3.77.